The number of fused-ring (bicyclic) bond motifs is 1. The molecule has 0 saturated carbocycles. The molecule has 0 radical (unpaired) electrons. The van der Waals surface area contributed by atoms with Crippen LogP contribution in [-0.2, 0) is 14.8 Å². The lowest BCUT2D eigenvalue weighted by Crippen LogP contribution is -2.40. The van der Waals surface area contributed by atoms with Gasteiger partial charge in [-0.25, -0.2) is 12.8 Å². The van der Waals surface area contributed by atoms with Gasteiger partial charge in [-0.05, 0) is 30.3 Å². The monoisotopic (exact) mass is 394 g/mol. The molecule has 0 spiro atoms. The van der Waals surface area contributed by atoms with Crippen molar-refractivity contribution in [3.63, 3.8) is 0 Å². The average molecular weight is 394 g/mol. The first-order valence-electron chi connectivity index (χ1n) is 8.17. The number of carbonyl (C=O) groups excluding carboxylic acids is 1. The van der Waals surface area contributed by atoms with Crippen LogP contribution in [0.1, 0.15) is 0 Å². The number of rotatable bonds is 5. The first kappa shape index (κ1) is 19.0. The van der Waals surface area contributed by atoms with Gasteiger partial charge in [0.25, 0.3) is 10.0 Å². The van der Waals surface area contributed by atoms with Gasteiger partial charge in [-0.2, -0.15) is 0 Å². The smallest absolute Gasteiger partial charge is 0.264 e. The molecule has 7 nitrogen and oxygen atoms in total. The molecule has 0 fully saturated rings. The molecule has 1 amide bonds. The fourth-order valence-corrected chi connectivity index (χ4v) is 3.94. The normalized spacial score (nSPS) is 13.1. The summed E-state index contributed by atoms with van der Waals surface area (Å²) in [5, 5.41) is 0. The number of carbonyl (C=O) groups is 1. The summed E-state index contributed by atoms with van der Waals surface area (Å²) >= 11 is 0. The van der Waals surface area contributed by atoms with Gasteiger partial charge >= 0.3 is 0 Å². The number of hydrogen-bond donors (Lipinski definition) is 0. The summed E-state index contributed by atoms with van der Waals surface area (Å²) in [6.07, 6.45) is 0. The summed E-state index contributed by atoms with van der Waals surface area (Å²) in [5.74, 6) is -0.296. The number of hydrogen-bond acceptors (Lipinski definition) is 5. The van der Waals surface area contributed by atoms with Crippen molar-refractivity contribution in [2.75, 3.05) is 38.2 Å². The van der Waals surface area contributed by atoms with E-state index in [-0.39, 0.29) is 10.6 Å². The molecule has 9 heteroatoms. The van der Waals surface area contributed by atoms with Crippen LogP contribution in [0.25, 0.3) is 0 Å². The number of benzene rings is 2. The Morgan fingerprint density at radius 3 is 2.44 bits per heavy atom. The summed E-state index contributed by atoms with van der Waals surface area (Å²) in [6.45, 7) is 0.225. The molecule has 1 aliphatic heterocycles. The van der Waals surface area contributed by atoms with Crippen molar-refractivity contribution in [1.82, 2.24) is 4.90 Å². The molecule has 3 rings (SSSR count). The average Bonchev–Trinajstić information content (AvgIpc) is 2.65. The number of halogens is 1. The van der Waals surface area contributed by atoms with Gasteiger partial charge in [-0.3, -0.25) is 9.10 Å². The third-order valence-corrected chi connectivity index (χ3v) is 5.75. The maximum absolute atomic E-state index is 13.7. The maximum Gasteiger partial charge on any atom is 0.264 e. The fraction of sp³-hybridized carbons (Fsp3) is 0.278. The molecular weight excluding hydrogens is 375 g/mol. The Kier molecular flexibility index (Phi) is 5.22. The molecule has 1 heterocycles. The van der Waals surface area contributed by atoms with Crippen LogP contribution in [0.4, 0.5) is 10.1 Å². The molecule has 0 saturated heterocycles. The molecule has 2 aromatic carbocycles. The van der Waals surface area contributed by atoms with E-state index in [1.807, 2.05) is 0 Å². The van der Waals surface area contributed by atoms with Crippen LogP contribution in [0.3, 0.4) is 0 Å². The van der Waals surface area contributed by atoms with Crippen molar-refractivity contribution < 1.29 is 27.1 Å². The van der Waals surface area contributed by atoms with E-state index in [1.54, 1.807) is 0 Å². The Labute approximate surface area is 157 Å². The highest BCUT2D eigenvalue weighted by Gasteiger charge is 2.29. The molecule has 0 bridgehead atoms. The lowest BCUT2D eigenvalue weighted by Gasteiger charge is -2.26. The van der Waals surface area contributed by atoms with Gasteiger partial charge < -0.3 is 14.4 Å². The van der Waals surface area contributed by atoms with E-state index < -0.39 is 28.3 Å². The zero-order valence-corrected chi connectivity index (χ0v) is 15.7. The summed E-state index contributed by atoms with van der Waals surface area (Å²) in [6, 6.07) is 9.30. The number of likely N-dealkylation sites (N-methyl/N-ethyl adjacent to an activating group) is 1. The van der Waals surface area contributed by atoms with E-state index in [0.29, 0.717) is 24.7 Å². The predicted octanol–water partition coefficient (Wildman–Crippen LogP) is 1.88. The minimum atomic E-state index is -4.15. The Balaban J connectivity index is 2.05. The summed E-state index contributed by atoms with van der Waals surface area (Å²) in [4.78, 5) is 13.4. The van der Waals surface area contributed by atoms with Crippen LogP contribution >= 0.6 is 0 Å². The summed E-state index contributed by atoms with van der Waals surface area (Å²) < 4.78 is 51.9. The van der Waals surface area contributed by atoms with Crippen molar-refractivity contribution in [2.45, 2.75) is 4.90 Å². The van der Waals surface area contributed by atoms with Crippen LogP contribution in [0, 0.1) is 5.82 Å². The highest BCUT2D eigenvalue weighted by Crippen LogP contribution is 2.34. The van der Waals surface area contributed by atoms with Crippen molar-refractivity contribution in [3.8, 4) is 11.5 Å². The molecule has 0 aliphatic carbocycles. The van der Waals surface area contributed by atoms with E-state index in [2.05, 4.69) is 0 Å². The fourth-order valence-electron chi connectivity index (χ4n) is 2.52. The summed E-state index contributed by atoms with van der Waals surface area (Å²) in [7, 11) is -1.12. The molecule has 144 valence electrons. The van der Waals surface area contributed by atoms with Crippen molar-refractivity contribution in [3.05, 3.63) is 48.3 Å². The zero-order chi connectivity index (χ0) is 19.6. The number of nitrogens with zero attached hydrogens (tertiary/aromatic N) is 2. The number of anilines is 1. The quantitative estimate of drug-likeness (QED) is 0.774. The van der Waals surface area contributed by atoms with Gasteiger partial charge in [-0.15, -0.1) is 0 Å². The molecule has 27 heavy (non-hydrogen) atoms. The Hall–Kier alpha value is -2.81. The zero-order valence-electron chi connectivity index (χ0n) is 14.9. The van der Waals surface area contributed by atoms with Crippen LogP contribution in [0.2, 0.25) is 0 Å². The third kappa shape index (κ3) is 3.97. The minimum Gasteiger partial charge on any atom is -0.486 e. The van der Waals surface area contributed by atoms with Crippen molar-refractivity contribution in [2.24, 2.45) is 0 Å². The van der Waals surface area contributed by atoms with Crippen molar-refractivity contribution in [1.29, 1.82) is 0 Å². The van der Waals surface area contributed by atoms with Crippen molar-refractivity contribution >= 4 is 21.6 Å². The lowest BCUT2D eigenvalue weighted by molar-refractivity contribution is -0.127. The van der Waals surface area contributed by atoms with E-state index in [4.69, 9.17) is 9.47 Å². The highest BCUT2D eigenvalue weighted by molar-refractivity contribution is 7.92. The Morgan fingerprint density at radius 2 is 1.78 bits per heavy atom. The van der Waals surface area contributed by atoms with Gasteiger partial charge in [0, 0.05) is 20.2 Å². The minimum absolute atomic E-state index is 0.0556. The SMILES string of the molecule is CN(C)C(=O)CN(c1cccc(F)c1)S(=O)(=O)c1ccc2c(c1)OCCO2. The number of ether oxygens (including phenoxy) is 2. The van der Waals surface area contributed by atoms with Gasteiger partial charge in [0.1, 0.15) is 25.6 Å². The first-order chi connectivity index (χ1) is 12.8. The van der Waals surface area contributed by atoms with Gasteiger partial charge in [0.2, 0.25) is 5.91 Å². The largest absolute Gasteiger partial charge is 0.486 e. The van der Waals surface area contributed by atoms with Crippen LogP contribution in [0.5, 0.6) is 11.5 Å². The topological polar surface area (TPSA) is 76.2 Å². The Morgan fingerprint density at radius 1 is 1.07 bits per heavy atom. The first-order valence-corrected chi connectivity index (χ1v) is 9.61. The second-order valence-corrected chi connectivity index (χ2v) is 7.95. The molecular formula is C18H19FN2O5S. The van der Waals surface area contributed by atoms with E-state index >= 15 is 0 Å². The highest BCUT2D eigenvalue weighted by atomic mass is 32.2. The van der Waals surface area contributed by atoms with Gasteiger partial charge in [0.15, 0.2) is 11.5 Å². The van der Waals surface area contributed by atoms with Crippen LogP contribution in [-0.4, -0.2) is 53.1 Å². The standard InChI is InChI=1S/C18H19FN2O5S/c1-20(2)18(22)12-21(14-5-3-4-13(19)10-14)27(23,24)15-6-7-16-17(11-15)26-9-8-25-16/h3-7,10-11H,8-9,12H2,1-2H3. The van der Waals surface area contributed by atoms with Gasteiger partial charge in [-0.1, -0.05) is 6.07 Å². The van der Waals surface area contributed by atoms with E-state index in [9.17, 15) is 17.6 Å². The predicted molar refractivity (Wildman–Crippen MR) is 97.1 cm³/mol. The van der Waals surface area contributed by atoms with E-state index in [1.165, 1.54) is 55.4 Å². The second-order valence-electron chi connectivity index (χ2n) is 6.09. The van der Waals surface area contributed by atoms with Crippen LogP contribution in [0.15, 0.2) is 47.4 Å². The molecule has 0 atom stereocenters. The number of amides is 1. The third-order valence-electron chi connectivity index (χ3n) is 3.98. The van der Waals surface area contributed by atoms with Gasteiger partial charge in [0.05, 0.1) is 10.6 Å². The molecule has 0 unspecified atom stereocenters. The molecule has 0 N–H and O–H groups in total. The van der Waals surface area contributed by atoms with Crippen LogP contribution < -0.4 is 13.8 Å². The van der Waals surface area contributed by atoms with E-state index in [0.717, 1.165) is 10.4 Å². The summed E-state index contributed by atoms with van der Waals surface area (Å²) in [5.41, 5.74) is 0.0556. The molecule has 0 aromatic heterocycles. The second kappa shape index (κ2) is 7.43. The molecule has 1 aliphatic rings. The number of sulfonamides is 1. The molecule has 2 aromatic rings. The lowest BCUT2D eigenvalue weighted by atomic mass is 10.3. The maximum atomic E-state index is 13.7. The Bertz CT molecular complexity index is 962.